The van der Waals surface area contributed by atoms with Gasteiger partial charge in [0.1, 0.15) is 0 Å². The summed E-state index contributed by atoms with van der Waals surface area (Å²) < 4.78 is 28.6. The molecule has 5 nitrogen and oxygen atoms in total. The summed E-state index contributed by atoms with van der Waals surface area (Å²) in [5.41, 5.74) is 3.84. The number of sulfonamides is 1. The molecule has 0 fully saturated rings. The highest BCUT2D eigenvalue weighted by molar-refractivity contribution is 7.92. The monoisotopic (exact) mass is 451 g/mol. The summed E-state index contributed by atoms with van der Waals surface area (Å²) in [6.07, 6.45) is 5.28. The van der Waals surface area contributed by atoms with Gasteiger partial charge in [0.2, 0.25) is 0 Å². The van der Waals surface area contributed by atoms with E-state index in [1.54, 1.807) is 36.4 Å². The van der Waals surface area contributed by atoms with Gasteiger partial charge in [-0.1, -0.05) is 55.8 Å². The Morgan fingerprint density at radius 1 is 0.844 bits per heavy atom. The molecule has 0 aliphatic carbocycles. The van der Waals surface area contributed by atoms with Crippen molar-refractivity contribution in [1.29, 1.82) is 0 Å². The third-order valence-electron chi connectivity index (χ3n) is 5.40. The first-order valence-corrected chi connectivity index (χ1v) is 12.4. The number of anilines is 1. The summed E-state index contributed by atoms with van der Waals surface area (Å²) >= 11 is 0. The third-order valence-corrected chi connectivity index (χ3v) is 6.78. The van der Waals surface area contributed by atoms with Gasteiger partial charge in [-0.05, 0) is 79.1 Å². The fourth-order valence-corrected chi connectivity index (χ4v) is 4.70. The van der Waals surface area contributed by atoms with Crippen molar-refractivity contribution in [3.63, 3.8) is 0 Å². The number of hydrogen-bond acceptors (Lipinski definition) is 3. The second-order valence-corrected chi connectivity index (χ2v) is 9.55. The van der Waals surface area contributed by atoms with E-state index in [2.05, 4.69) is 11.6 Å². The number of rotatable bonds is 11. The van der Waals surface area contributed by atoms with Crippen LogP contribution in [0.15, 0.2) is 77.7 Å². The average molecular weight is 452 g/mol. The molecule has 0 aromatic heterocycles. The quantitative estimate of drug-likeness (QED) is 0.391. The molecule has 2 N–H and O–H groups in total. The maximum atomic E-state index is 12.9. The Kier molecular flexibility index (Phi) is 8.06. The minimum atomic E-state index is -3.68. The Morgan fingerprint density at radius 2 is 1.56 bits per heavy atom. The predicted octanol–water partition coefficient (Wildman–Crippen LogP) is 5.70. The number of hydrogen-bond donors (Lipinski definition) is 2. The van der Waals surface area contributed by atoms with Crippen LogP contribution >= 0.6 is 0 Å². The van der Waals surface area contributed by atoms with Crippen molar-refractivity contribution in [1.82, 2.24) is 0 Å². The van der Waals surface area contributed by atoms with Gasteiger partial charge < -0.3 is 5.11 Å². The number of aryl methyl sites for hydroxylation is 3. The van der Waals surface area contributed by atoms with Gasteiger partial charge in [0.05, 0.1) is 16.1 Å². The normalized spacial score (nSPS) is 11.3. The van der Waals surface area contributed by atoms with Crippen LogP contribution in [0.3, 0.4) is 0 Å². The van der Waals surface area contributed by atoms with Crippen LogP contribution in [-0.2, 0) is 29.3 Å². The first-order chi connectivity index (χ1) is 15.4. The van der Waals surface area contributed by atoms with Crippen LogP contribution < -0.4 is 4.72 Å². The second-order valence-electron chi connectivity index (χ2n) is 7.87. The molecule has 0 spiro atoms. The largest absolute Gasteiger partial charge is 0.478 e. The SMILES string of the molecule is CCCCc1ccc(S(=O)(=O)Nc2ccccc2CCCc2cccc(C(=O)O)c2)cc1. The van der Waals surface area contributed by atoms with Crippen LogP contribution in [0.1, 0.15) is 53.2 Å². The maximum absolute atomic E-state index is 12.9. The van der Waals surface area contributed by atoms with E-state index in [1.165, 1.54) is 0 Å². The fraction of sp³-hybridized carbons (Fsp3) is 0.269. The summed E-state index contributed by atoms with van der Waals surface area (Å²) in [4.78, 5) is 11.4. The smallest absolute Gasteiger partial charge is 0.335 e. The number of carboxylic acid groups (broad SMARTS) is 1. The zero-order valence-electron chi connectivity index (χ0n) is 18.3. The molecule has 0 saturated carbocycles. The summed E-state index contributed by atoms with van der Waals surface area (Å²) in [6, 6.07) is 21.4. The number of para-hydroxylation sites is 1. The van der Waals surface area contributed by atoms with Crippen molar-refractivity contribution < 1.29 is 18.3 Å². The number of carboxylic acids is 1. The highest BCUT2D eigenvalue weighted by Gasteiger charge is 2.16. The molecule has 0 bridgehead atoms. The minimum absolute atomic E-state index is 0.248. The number of carbonyl (C=O) groups is 1. The van der Waals surface area contributed by atoms with Gasteiger partial charge in [-0.3, -0.25) is 4.72 Å². The molecule has 0 aliphatic rings. The van der Waals surface area contributed by atoms with Crippen LogP contribution in [0.25, 0.3) is 0 Å². The molecule has 3 rings (SSSR count). The predicted molar refractivity (Wildman–Crippen MR) is 128 cm³/mol. The zero-order chi connectivity index (χ0) is 23.0. The molecule has 0 atom stereocenters. The molecule has 0 unspecified atom stereocenters. The van der Waals surface area contributed by atoms with Crippen molar-refractivity contribution in [2.45, 2.75) is 50.3 Å². The molecule has 32 heavy (non-hydrogen) atoms. The van der Waals surface area contributed by atoms with Crippen LogP contribution in [0, 0.1) is 0 Å². The molecule has 168 valence electrons. The van der Waals surface area contributed by atoms with Gasteiger partial charge in [-0.2, -0.15) is 0 Å². The van der Waals surface area contributed by atoms with Gasteiger partial charge in [0.25, 0.3) is 10.0 Å². The molecule has 0 saturated heterocycles. The van der Waals surface area contributed by atoms with Crippen LogP contribution in [-0.4, -0.2) is 19.5 Å². The minimum Gasteiger partial charge on any atom is -0.478 e. The molecule has 0 radical (unpaired) electrons. The van der Waals surface area contributed by atoms with E-state index in [9.17, 15) is 13.2 Å². The zero-order valence-corrected chi connectivity index (χ0v) is 19.1. The highest BCUT2D eigenvalue weighted by Crippen LogP contribution is 2.22. The first kappa shape index (κ1) is 23.5. The van der Waals surface area contributed by atoms with Crippen molar-refractivity contribution in [2.24, 2.45) is 0 Å². The number of aromatic carboxylic acids is 1. The molecule has 0 aliphatic heterocycles. The number of unbranched alkanes of at least 4 members (excludes halogenated alkanes) is 1. The lowest BCUT2D eigenvalue weighted by Crippen LogP contribution is -2.14. The molecular weight excluding hydrogens is 422 g/mol. The van der Waals surface area contributed by atoms with E-state index in [1.807, 2.05) is 36.4 Å². The Hall–Kier alpha value is -3.12. The summed E-state index contributed by atoms with van der Waals surface area (Å²) in [5, 5.41) is 9.14. The lowest BCUT2D eigenvalue weighted by Gasteiger charge is -2.13. The maximum Gasteiger partial charge on any atom is 0.335 e. The van der Waals surface area contributed by atoms with E-state index in [4.69, 9.17) is 5.11 Å². The average Bonchev–Trinajstić information content (AvgIpc) is 2.79. The Balaban J connectivity index is 1.67. The van der Waals surface area contributed by atoms with E-state index in [0.29, 0.717) is 18.5 Å². The van der Waals surface area contributed by atoms with Gasteiger partial charge in [-0.25, -0.2) is 13.2 Å². The standard InChI is InChI=1S/C26H29NO4S/c1-2-3-8-20-15-17-24(18-16-20)32(30,31)27-25-14-5-4-11-22(25)12-6-9-21-10-7-13-23(19-21)26(28)29/h4-5,7,10-11,13-19,27H,2-3,6,8-9,12H2,1H3,(H,28,29). The van der Waals surface area contributed by atoms with Crippen LogP contribution in [0.5, 0.6) is 0 Å². The molecule has 3 aromatic rings. The Morgan fingerprint density at radius 3 is 2.28 bits per heavy atom. The number of nitrogens with one attached hydrogen (secondary N) is 1. The first-order valence-electron chi connectivity index (χ1n) is 10.9. The van der Waals surface area contributed by atoms with Gasteiger partial charge in [0.15, 0.2) is 0 Å². The summed E-state index contributed by atoms with van der Waals surface area (Å²) in [7, 11) is -3.68. The molecule has 3 aromatic carbocycles. The van der Waals surface area contributed by atoms with E-state index in [0.717, 1.165) is 42.4 Å². The van der Waals surface area contributed by atoms with E-state index in [-0.39, 0.29) is 10.5 Å². The van der Waals surface area contributed by atoms with Gasteiger partial charge in [0, 0.05) is 0 Å². The Bertz CT molecular complexity index is 1150. The topological polar surface area (TPSA) is 83.5 Å². The Labute approximate surface area is 190 Å². The number of benzene rings is 3. The molecule has 6 heteroatoms. The molecule has 0 heterocycles. The van der Waals surface area contributed by atoms with Crippen molar-refractivity contribution in [3.8, 4) is 0 Å². The summed E-state index contributed by atoms with van der Waals surface area (Å²) in [6.45, 7) is 2.13. The van der Waals surface area contributed by atoms with Crippen molar-refractivity contribution in [3.05, 3.63) is 95.1 Å². The van der Waals surface area contributed by atoms with Gasteiger partial charge >= 0.3 is 5.97 Å². The molecule has 0 amide bonds. The lowest BCUT2D eigenvalue weighted by molar-refractivity contribution is 0.0696. The van der Waals surface area contributed by atoms with Crippen LogP contribution in [0.4, 0.5) is 5.69 Å². The van der Waals surface area contributed by atoms with Crippen LogP contribution in [0.2, 0.25) is 0 Å². The van der Waals surface area contributed by atoms with E-state index < -0.39 is 16.0 Å². The second kappa shape index (κ2) is 11.0. The highest BCUT2D eigenvalue weighted by atomic mass is 32.2. The molecular formula is C26H29NO4S. The third kappa shape index (κ3) is 6.44. The van der Waals surface area contributed by atoms with Gasteiger partial charge in [-0.15, -0.1) is 0 Å². The van der Waals surface area contributed by atoms with Crippen molar-refractivity contribution >= 4 is 21.7 Å². The summed E-state index contributed by atoms with van der Waals surface area (Å²) in [5.74, 6) is -0.940. The van der Waals surface area contributed by atoms with E-state index >= 15 is 0 Å². The van der Waals surface area contributed by atoms with Crippen molar-refractivity contribution in [2.75, 3.05) is 4.72 Å². The lowest BCUT2D eigenvalue weighted by atomic mass is 10.0. The fourth-order valence-electron chi connectivity index (χ4n) is 3.60.